The van der Waals surface area contributed by atoms with Crippen molar-refractivity contribution in [1.82, 2.24) is 0 Å². The van der Waals surface area contributed by atoms with Gasteiger partial charge in [0.25, 0.3) is 5.95 Å². The first-order valence-electron chi connectivity index (χ1n) is 14.8. The summed E-state index contributed by atoms with van der Waals surface area (Å²) in [6, 6.07) is 16.0. The van der Waals surface area contributed by atoms with E-state index in [0.29, 0.717) is 41.3 Å². The zero-order valence-electron chi connectivity index (χ0n) is 25.1. The molecule has 0 saturated heterocycles. The summed E-state index contributed by atoms with van der Waals surface area (Å²) in [6.07, 6.45) is 0. The largest absolute Gasteiger partial charge is 0.506 e. The average Bonchev–Trinajstić information content (AvgIpc) is 3.08. The minimum atomic E-state index is -0.752. The van der Waals surface area contributed by atoms with Crippen molar-refractivity contribution in [2.75, 3.05) is 0 Å². The van der Waals surface area contributed by atoms with E-state index in [4.69, 9.17) is 17.7 Å². The van der Waals surface area contributed by atoms with E-state index >= 15 is 0 Å². The van der Waals surface area contributed by atoms with Crippen LogP contribution in [0.5, 0.6) is 17.4 Å². The molecule has 0 unspecified atom stereocenters. The molecule has 0 radical (unpaired) electrons. The standard InChI is InChI=1S/C19H9BrO5.C18H7BrO6/c1-7-3-2-4-8-11(7)17-14-13-10(24-19(23)15(14)16(8)21)6-5-9(20)12(13)18(22)25-17;19-7-4-5-9-12-11(7)17(22)25-16-10-6(2-1-3-8(10)20)15(21)14(13(12)16)18(23)24-9/h2-6,21H,1H3;1-5,21-22H. The lowest BCUT2D eigenvalue weighted by Crippen LogP contribution is -2.07. The van der Waals surface area contributed by atoms with Crippen LogP contribution in [0.3, 0.4) is 0 Å². The molecule has 4 heterocycles. The van der Waals surface area contributed by atoms with Crippen molar-refractivity contribution in [1.29, 1.82) is 0 Å². The van der Waals surface area contributed by atoms with Crippen LogP contribution in [-0.2, 0) is 0 Å². The van der Waals surface area contributed by atoms with Crippen LogP contribution in [0.2, 0.25) is 0 Å². The molecule has 0 amide bonds. The third-order valence-electron chi connectivity index (χ3n) is 9.05. The topological polar surface area (TPSA) is 182 Å². The number of rotatable bonds is 0. The van der Waals surface area contributed by atoms with Crippen molar-refractivity contribution in [2.24, 2.45) is 0 Å². The molecule has 0 spiro atoms. The Morgan fingerprint density at radius 1 is 0.480 bits per heavy atom. The Bertz CT molecular complexity index is 3350. The second-order valence-electron chi connectivity index (χ2n) is 11.7. The molecule has 10 rings (SSSR count). The van der Waals surface area contributed by atoms with Gasteiger partial charge in [-0.05, 0) is 74.7 Å². The Morgan fingerprint density at radius 2 is 0.980 bits per heavy atom. The fourth-order valence-electron chi connectivity index (χ4n) is 6.98. The van der Waals surface area contributed by atoms with E-state index < -0.39 is 28.3 Å². The maximum Gasteiger partial charge on any atom is 0.348 e. The highest BCUT2D eigenvalue weighted by Crippen LogP contribution is 2.46. The van der Waals surface area contributed by atoms with Crippen molar-refractivity contribution in [3.63, 3.8) is 0 Å². The van der Waals surface area contributed by atoms with Gasteiger partial charge in [0, 0.05) is 46.6 Å². The molecule has 0 aliphatic rings. The molecule has 0 aliphatic carbocycles. The van der Waals surface area contributed by atoms with E-state index in [0.717, 1.165) is 5.56 Å². The van der Waals surface area contributed by atoms with Crippen molar-refractivity contribution in [3.8, 4) is 17.4 Å². The van der Waals surface area contributed by atoms with E-state index in [2.05, 4.69) is 31.9 Å². The van der Waals surface area contributed by atoms with Gasteiger partial charge >= 0.3 is 16.9 Å². The van der Waals surface area contributed by atoms with Crippen LogP contribution < -0.4 is 22.3 Å². The number of halogens is 2. The van der Waals surface area contributed by atoms with Gasteiger partial charge in [-0.1, -0.05) is 30.3 Å². The van der Waals surface area contributed by atoms with Gasteiger partial charge in [0.1, 0.15) is 39.0 Å². The first-order chi connectivity index (χ1) is 24.0. The van der Waals surface area contributed by atoms with Gasteiger partial charge in [-0.2, -0.15) is 0 Å². The molecule has 3 N–H and O–H groups in total. The molecular weight excluding hydrogens is 780 g/mol. The van der Waals surface area contributed by atoms with Crippen LogP contribution >= 0.6 is 31.9 Å². The Kier molecular flexibility index (Phi) is 6.21. The summed E-state index contributed by atoms with van der Waals surface area (Å²) in [5, 5.41) is 35.0. The van der Waals surface area contributed by atoms with E-state index in [1.165, 1.54) is 18.2 Å². The second-order valence-corrected chi connectivity index (χ2v) is 13.4. The zero-order valence-corrected chi connectivity index (χ0v) is 28.3. The smallest absolute Gasteiger partial charge is 0.348 e. The van der Waals surface area contributed by atoms with Crippen LogP contribution in [0.1, 0.15) is 5.56 Å². The number of hydrogen-bond donors (Lipinski definition) is 3. The van der Waals surface area contributed by atoms with Gasteiger partial charge in [0.2, 0.25) is 0 Å². The monoisotopic (exact) mass is 794 g/mol. The molecular formula is C37H16Br2O11. The minimum Gasteiger partial charge on any atom is -0.506 e. The van der Waals surface area contributed by atoms with E-state index in [-0.39, 0.29) is 66.1 Å². The average molecular weight is 796 g/mol. The molecule has 4 aromatic heterocycles. The van der Waals surface area contributed by atoms with Gasteiger partial charge in [-0.15, -0.1) is 0 Å². The summed E-state index contributed by atoms with van der Waals surface area (Å²) in [4.78, 5) is 50.0. The summed E-state index contributed by atoms with van der Waals surface area (Å²) in [5.74, 6) is -0.939. The van der Waals surface area contributed by atoms with E-state index in [9.17, 15) is 34.5 Å². The van der Waals surface area contributed by atoms with Crippen molar-refractivity contribution < 1.29 is 33.0 Å². The third-order valence-corrected chi connectivity index (χ3v) is 10.4. The number of benzene rings is 6. The Labute approximate surface area is 291 Å². The first-order valence-corrected chi connectivity index (χ1v) is 16.4. The summed E-state index contributed by atoms with van der Waals surface area (Å²) in [5.41, 5.74) is -0.697. The summed E-state index contributed by atoms with van der Waals surface area (Å²) in [7, 11) is 0. The third kappa shape index (κ3) is 3.83. The molecule has 10 aromatic rings. The minimum absolute atomic E-state index is 0.0208. The highest BCUT2D eigenvalue weighted by Gasteiger charge is 2.27. The lowest BCUT2D eigenvalue weighted by molar-refractivity contribution is 0.348. The predicted molar refractivity (Wildman–Crippen MR) is 195 cm³/mol. The lowest BCUT2D eigenvalue weighted by atomic mass is 9.95. The molecule has 13 heteroatoms. The Morgan fingerprint density at radius 3 is 1.60 bits per heavy atom. The maximum atomic E-state index is 12.6. The number of fused-ring (bicyclic) bond motifs is 4. The molecule has 50 heavy (non-hydrogen) atoms. The van der Waals surface area contributed by atoms with Crippen molar-refractivity contribution in [2.45, 2.75) is 6.92 Å². The lowest BCUT2D eigenvalue weighted by Gasteiger charge is -2.13. The second kappa shape index (κ2) is 10.3. The summed E-state index contributed by atoms with van der Waals surface area (Å²) < 4.78 is 22.9. The summed E-state index contributed by atoms with van der Waals surface area (Å²) in [6.45, 7) is 1.86. The fraction of sp³-hybridized carbons (Fsp3) is 0.0270. The number of phenolic OH excluding ortho intramolecular Hbond substituents is 2. The summed E-state index contributed by atoms with van der Waals surface area (Å²) >= 11 is 6.68. The molecule has 11 nitrogen and oxygen atoms in total. The zero-order chi connectivity index (χ0) is 34.9. The number of aromatic hydroxyl groups is 3. The number of aryl methyl sites for hydroxylation is 1. The Balaban J connectivity index is 0.000000135. The van der Waals surface area contributed by atoms with Crippen molar-refractivity contribution in [3.05, 3.63) is 117 Å². The van der Waals surface area contributed by atoms with E-state index in [1.807, 2.05) is 13.0 Å². The molecule has 0 aliphatic heterocycles. The van der Waals surface area contributed by atoms with Gasteiger partial charge < -0.3 is 33.0 Å². The van der Waals surface area contributed by atoms with Gasteiger partial charge in [0.05, 0.1) is 16.2 Å². The van der Waals surface area contributed by atoms with E-state index in [1.54, 1.807) is 36.4 Å². The predicted octanol–water partition coefficient (Wildman–Crippen LogP) is 8.24. The normalized spacial score (nSPS) is 12.1. The molecule has 0 fully saturated rings. The Hall–Kier alpha value is -5.92. The molecule has 0 saturated carbocycles. The number of phenols is 2. The van der Waals surface area contributed by atoms with Gasteiger partial charge in [-0.25, -0.2) is 14.4 Å². The van der Waals surface area contributed by atoms with Crippen LogP contribution in [0.25, 0.3) is 87.0 Å². The maximum absolute atomic E-state index is 12.6. The molecule has 0 bridgehead atoms. The highest BCUT2D eigenvalue weighted by atomic mass is 79.9. The highest BCUT2D eigenvalue weighted by molar-refractivity contribution is 9.11. The SMILES string of the molecule is Cc1cccc2c(O)c3c(=O)oc4ccc(Br)c5c(=O)oc(c12)c3c45.O=c1oc2ccc(Br)c3c(O)oc4c5c(=O)cccc5c(O)c1c4c23. The molecule has 6 aromatic carbocycles. The van der Waals surface area contributed by atoms with Gasteiger partial charge in [0.15, 0.2) is 11.0 Å². The van der Waals surface area contributed by atoms with Crippen LogP contribution in [0.15, 0.2) is 106 Å². The van der Waals surface area contributed by atoms with Crippen LogP contribution in [0.4, 0.5) is 0 Å². The number of hydrogen-bond acceptors (Lipinski definition) is 11. The fourth-order valence-corrected chi connectivity index (χ4v) is 7.97. The molecule has 244 valence electrons. The molecule has 0 atom stereocenters. The van der Waals surface area contributed by atoms with Gasteiger partial charge in [-0.3, -0.25) is 4.79 Å². The van der Waals surface area contributed by atoms with Crippen LogP contribution in [0, 0.1) is 6.92 Å². The van der Waals surface area contributed by atoms with Crippen molar-refractivity contribution >= 4 is 119 Å². The van der Waals surface area contributed by atoms with Crippen LogP contribution in [-0.4, -0.2) is 15.3 Å². The first kappa shape index (κ1) is 30.2. The quantitative estimate of drug-likeness (QED) is 0.0764.